The molecule has 0 aliphatic heterocycles. The zero-order valence-corrected chi connectivity index (χ0v) is 9.62. The van der Waals surface area contributed by atoms with Crippen LogP contribution in [0.15, 0.2) is 0 Å². The molecule has 0 radical (unpaired) electrons. The van der Waals surface area contributed by atoms with Crippen molar-refractivity contribution in [3.63, 3.8) is 0 Å². The molecule has 0 atom stereocenters. The standard InChI is InChI=1S/C10H22N2O/c1-9(2,3)8(13)11-7-12-10(4,5)6/h12H,7H2,1-6H3,(H,11,13). The van der Waals surface area contributed by atoms with Crippen LogP contribution in [0, 0.1) is 5.41 Å². The summed E-state index contributed by atoms with van der Waals surface area (Å²) in [4.78, 5) is 11.4. The molecule has 0 fully saturated rings. The number of hydrogen-bond donors (Lipinski definition) is 2. The number of carbonyl (C=O) groups excluding carboxylic acids is 1. The van der Waals surface area contributed by atoms with Crippen LogP contribution in [0.1, 0.15) is 41.5 Å². The Morgan fingerprint density at radius 3 is 1.85 bits per heavy atom. The van der Waals surface area contributed by atoms with Gasteiger partial charge in [0, 0.05) is 11.0 Å². The third-order valence-corrected chi connectivity index (χ3v) is 1.55. The smallest absolute Gasteiger partial charge is 0.226 e. The molecule has 0 spiro atoms. The largest absolute Gasteiger partial charge is 0.343 e. The second-order valence-corrected chi connectivity index (χ2v) is 5.36. The van der Waals surface area contributed by atoms with Gasteiger partial charge in [-0.15, -0.1) is 0 Å². The topological polar surface area (TPSA) is 41.1 Å². The molecule has 1 amide bonds. The predicted molar refractivity (Wildman–Crippen MR) is 55.4 cm³/mol. The molecule has 0 aromatic rings. The van der Waals surface area contributed by atoms with E-state index in [1.807, 2.05) is 20.8 Å². The Hall–Kier alpha value is -0.570. The van der Waals surface area contributed by atoms with E-state index in [-0.39, 0.29) is 16.9 Å². The molecule has 0 rings (SSSR count). The highest BCUT2D eigenvalue weighted by molar-refractivity contribution is 5.81. The molecule has 0 aliphatic rings. The van der Waals surface area contributed by atoms with E-state index in [1.54, 1.807) is 0 Å². The predicted octanol–water partition coefficient (Wildman–Crippen LogP) is 1.49. The van der Waals surface area contributed by atoms with Crippen molar-refractivity contribution in [1.29, 1.82) is 0 Å². The maximum absolute atomic E-state index is 11.4. The summed E-state index contributed by atoms with van der Waals surface area (Å²) in [7, 11) is 0. The molecular formula is C10H22N2O. The van der Waals surface area contributed by atoms with Gasteiger partial charge < -0.3 is 5.32 Å². The minimum Gasteiger partial charge on any atom is -0.343 e. The van der Waals surface area contributed by atoms with Gasteiger partial charge in [0.25, 0.3) is 0 Å². The van der Waals surface area contributed by atoms with Crippen molar-refractivity contribution in [2.75, 3.05) is 6.67 Å². The molecule has 0 saturated heterocycles. The second-order valence-electron chi connectivity index (χ2n) is 5.36. The van der Waals surface area contributed by atoms with E-state index in [0.717, 1.165) is 0 Å². The molecule has 78 valence electrons. The lowest BCUT2D eigenvalue weighted by atomic mass is 9.96. The molecule has 0 aliphatic carbocycles. The van der Waals surface area contributed by atoms with Crippen molar-refractivity contribution in [2.45, 2.75) is 47.1 Å². The van der Waals surface area contributed by atoms with E-state index < -0.39 is 0 Å². The summed E-state index contributed by atoms with van der Waals surface area (Å²) in [6.07, 6.45) is 0. The number of amides is 1. The first-order valence-corrected chi connectivity index (χ1v) is 4.66. The molecule has 0 bridgehead atoms. The zero-order chi connectivity index (χ0) is 10.7. The minimum atomic E-state index is -0.306. The van der Waals surface area contributed by atoms with Crippen LogP contribution in [-0.4, -0.2) is 18.1 Å². The van der Waals surface area contributed by atoms with Crippen molar-refractivity contribution in [1.82, 2.24) is 10.6 Å². The second kappa shape index (κ2) is 4.09. The fourth-order valence-corrected chi connectivity index (χ4v) is 0.655. The summed E-state index contributed by atoms with van der Waals surface area (Å²) in [6.45, 7) is 12.4. The quantitative estimate of drug-likeness (QED) is 0.642. The van der Waals surface area contributed by atoms with Gasteiger partial charge in [0.2, 0.25) is 5.91 Å². The summed E-state index contributed by atoms with van der Waals surface area (Å²) < 4.78 is 0. The fourth-order valence-electron chi connectivity index (χ4n) is 0.655. The molecule has 13 heavy (non-hydrogen) atoms. The average Bonchev–Trinajstić information content (AvgIpc) is 1.82. The number of nitrogens with one attached hydrogen (secondary N) is 2. The van der Waals surface area contributed by atoms with Gasteiger partial charge >= 0.3 is 0 Å². The summed E-state index contributed by atoms with van der Waals surface area (Å²) >= 11 is 0. The maximum Gasteiger partial charge on any atom is 0.226 e. The van der Waals surface area contributed by atoms with E-state index >= 15 is 0 Å². The summed E-state index contributed by atoms with van der Waals surface area (Å²) in [5.41, 5.74) is -0.259. The van der Waals surface area contributed by atoms with Gasteiger partial charge in [0.1, 0.15) is 0 Å². The molecule has 0 saturated carbocycles. The van der Waals surface area contributed by atoms with Gasteiger partial charge in [-0.1, -0.05) is 20.8 Å². The van der Waals surface area contributed by atoms with Crippen LogP contribution < -0.4 is 10.6 Å². The van der Waals surface area contributed by atoms with Gasteiger partial charge in [0.05, 0.1) is 6.67 Å². The lowest BCUT2D eigenvalue weighted by Crippen LogP contribution is -2.46. The summed E-state index contributed by atoms with van der Waals surface area (Å²) in [6, 6.07) is 0. The Labute approximate surface area is 81.3 Å². The molecule has 0 unspecified atom stereocenters. The molecule has 3 heteroatoms. The Bertz CT molecular complexity index is 174. The lowest BCUT2D eigenvalue weighted by molar-refractivity contribution is -0.128. The fraction of sp³-hybridized carbons (Fsp3) is 0.900. The molecule has 0 aromatic heterocycles. The highest BCUT2D eigenvalue weighted by atomic mass is 16.2. The highest BCUT2D eigenvalue weighted by Gasteiger charge is 2.20. The van der Waals surface area contributed by atoms with E-state index in [9.17, 15) is 4.79 Å². The monoisotopic (exact) mass is 186 g/mol. The Kier molecular flexibility index (Phi) is 3.91. The third kappa shape index (κ3) is 6.58. The van der Waals surface area contributed by atoms with Crippen molar-refractivity contribution in [2.24, 2.45) is 5.41 Å². The van der Waals surface area contributed by atoms with Gasteiger partial charge in [-0.25, -0.2) is 0 Å². The van der Waals surface area contributed by atoms with Crippen LogP contribution in [-0.2, 0) is 4.79 Å². The van der Waals surface area contributed by atoms with Crippen LogP contribution in [0.2, 0.25) is 0 Å². The Morgan fingerprint density at radius 2 is 1.54 bits per heavy atom. The van der Waals surface area contributed by atoms with Crippen LogP contribution in [0.25, 0.3) is 0 Å². The molecule has 0 aromatic carbocycles. The SMILES string of the molecule is CC(C)(C)NCNC(=O)C(C)(C)C. The molecule has 3 nitrogen and oxygen atoms in total. The minimum absolute atomic E-state index is 0.0468. The summed E-state index contributed by atoms with van der Waals surface area (Å²) in [5, 5.41) is 6.02. The third-order valence-electron chi connectivity index (χ3n) is 1.55. The summed E-state index contributed by atoms with van der Waals surface area (Å²) in [5.74, 6) is 0.0734. The zero-order valence-electron chi connectivity index (χ0n) is 9.62. The van der Waals surface area contributed by atoms with E-state index in [1.165, 1.54) is 0 Å². The van der Waals surface area contributed by atoms with Crippen molar-refractivity contribution in [3.8, 4) is 0 Å². The van der Waals surface area contributed by atoms with Crippen molar-refractivity contribution in [3.05, 3.63) is 0 Å². The molecular weight excluding hydrogens is 164 g/mol. The van der Waals surface area contributed by atoms with E-state index in [4.69, 9.17) is 0 Å². The first kappa shape index (κ1) is 12.4. The highest BCUT2D eigenvalue weighted by Crippen LogP contribution is 2.11. The van der Waals surface area contributed by atoms with E-state index in [2.05, 4.69) is 31.4 Å². The van der Waals surface area contributed by atoms with Crippen LogP contribution in [0.3, 0.4) is 0 Å². The number of carbonyl (C=O) groups is 1. The van der Waals surface area contributed by atoms with Gasteiger partial charge in [-0.2, -0.15) is 0 Å². The van der Waals surface area contributed by atoms with Gasteiger partial charge in [-0.05, 0) is 20.8 Å². The normalized spacial score (nSPS) is 12.8. The van der Waals surface area contributed by atoms with Crippen LogP contribution in [0.4, 0.5) is 0 Å². The Balaban J connectivity index is 3.74. The Morgan fingerprint density at radius 1 is 1.08 bits per heavy atom. The van der Waals surface area contributed by atoms with Gasteiger partial charge in [-0.3, -0.25) is 10.1 Å². The van der Waals surface area contributed by atoms with E-state index in [0.29, 0.717) is 6.67 Å². The number of hydrogen-bond acceptors (Lipinski definition) is 2. The molecule has 0 heterocycles. The number of rotatable bonds is 2. The maximum atomic E-state index is 11.4. The van der Waals surface area contributed by atoms with Crippen LogP contribution in [0.5, 0.6) is 0 Å². The first-order chi connectivity index (χ1) is 5.63. The first-order valence-electron chi connectivity index (χ1n) is 4.66. The van der Waals surface area contributed by atoms with Crippen LogP contribution >= 0.6 is 0 Å². The van der Waals surface area contributed by atoms with Crippen molar-refractivity contribution >= 4 is 5.91 Å². The molecule has 2 N–H and O–H groups in total. The van der Waals surface area contributed by atoms with Crippen molar-refractivity contribution < 1.29 is 4.79 Å². The lowest BCUT2D eigenvalue weighted by Gasteiger charge is -2.23. The average molecular weight is 186 g/mol. The van der Waals surface area contributed by atoms with Gasteiger partial charge in [0.15, 0.2) is 0 Å².